The number of rotatable bonds is 1. The van der Waals surface area contributed by atoms with Gasteiger partial charge in [-0.05, 0) is 12.8 Å². The van der Waals surface area contributed by atoms with Crippen LogP contribution in [0.25, 0.3) is 0 Å². The average Bonchev–Trinajstić information content (AvgIpc) is 2.31. The number of aliphatic hydroxyl groups excluding tert-OH is 1. The molecule has 5 heteroatoms. The molecule has 62 valence electrons. The van der Waals surface area contributed by atoms with E-state index in [2.05, 4.69) is 10.1 Å². The summed E-state index contributed by atoms with van der Waals surface area (Å²) in [5, 5.41) is 12.9. The molecule has 0 aliphatic heterocycles. The van der Waals surface area contributed by atoms with Crippen LogP contribution in [0, 0.1) is 0 Å². The molecule has 1 N–H and O–H groups in total. The second-order valence-corrected chi connectivity index (χ2v) is 2.65. The Labute approximate surface area is 70.7 Å². The van der Waals surface area contributed by atoms with Crippen molar-refractivity contribution >= 4 is 12.4 Å². The van der Waals surface area contributed by atoms with E-state index in [1.54, 1.807) is 11.0 Å². The molecule has 1 aliphatic rings. The molecule has 0 aromatic carbocycles. The van der Waals surface area contributed by atoms with Gasteiger partial charge in [0.1, 0.15) is 12.7 Å². The maximum Gasteiger partial charge on any atom is 0.137 e. The fourth-order valence-corrected chi connectivity index (χ4v) is 1.18. The van der Waals surface area contributed by atoms with Crippen molar-refractivity contribution in [1.82, 2.24) is 14.8 Å². The molecule has 2 rings (SSSR count). The van der Waals surface area contributed by atoms with Gasteiger partial charge >= 0.3 is 0 Å². The lowest BCUT2D eigenvalue weighted by Crippen LogP contribution is -2.30. The molecule has 11 heavy (non-hydrogen) atoms. The molecule has 1 aromatic rings. The maximum absolute atomic E-state index is 8.96. The Morgan fingerprint density at radius 3 is 2.64 bits per heavy atom. The Morgan fingerprint density at radius 2 is 2.18 bits per heavy atom. The third kappa shape index (κ3) is 1.52. The highest BCUT2D eigenvalue weighted by Gasteiger charge is 2.28. The zero-order valence-electron chi connectivity index (χ0n) is 5.92. The lowest BCUT2D eigenvalue weighted by atomic mass is 9.90. The van der Waals surface area contributed by atoms with E-state index in [1.165, 1.54) is 6.33 Å². The smallest absolute Gasteiger partial charge is 0.137 e. The predicted molar refractivity (Wildman–Crippen MR) is 41.5 cm³/mol. The molecule has 1 aromatic heterocycles. The molecule has 0 radical (unpaired) electrons. The predicted octanol–water partition coefficient (Wildman–Crippen LogP) is 0.396. The van der Waals surface area contributed by atoms with Gasteiger partial charge in [0.25, 0.3) is 0 Å². The minimum Gasteiger partial charge on any atom is -0.393 e. The van der Waals surface area contributed by atoms with E-state index in [0.29, 0.717) is 6.04 Å². The van der Waals surface area contributed by atoms with Crippen molar-refractivity contribution in [3.05, 3.63) is 12.7 Å². The Morgan fingerprint density at radius 1 is 1.45 bits per heavy atom. The number of aromatic nitrogens is 3. The van der Waals surface area contributed by atoms with E-state index < -0.39 is 0 Å². The monoisotopic (exact) mass is 175 g/mol. The number of hydrogen-bond donors (Lipinski definition) is 1. The molecule has 0 spiro atoms. The van der Waals surface area contributed by atoms with Crippen molar-refractivity contribution in [3.63, 3.8) is 0 Å². The van der Waals surface area contributed by atoms with E-state index in [-0.39, 0.29) is 18.5 Å². The molecule has 4 nitrogen and oxygen atoms in total. The maximum atomic E-state index is 8.96. The van der Waals surface area contributed by atoms with Gasteiger partial charge in [-0.2, -0.15) is 5.10 Å². The highest BCUT2D eigenvalue weighted by Crippen LogP contribution is 2.30. The van der Waals surface area contributed by atoms with Gasteiger partial charge in [0.05, 0.1) is 12.1 Å². The normalized spacial score (nSPS) is 28.8. The third-order valence-electron chi connectivity index (χ3n) is 1.90. The van der Waals surface area contributed by atoms with Crippen LogP contribution in [0.2, 0.25) is 0 Å². The first-order chi connectivity index (χ1) is 4.86. The fraction of sp³-hybridized carbons (Fsp3) is 0.667. The lowest BCUT2D eigenvalue weighted by molar-refractivity contribution is 0.0433. The van der Waals surface area contributed by atoms with Gasteiger partial charge in [-0.3, -0.25) is 0 Å². The van der Waals surface area contributed by atoms with Crippen LogP contribution in [-0.2, 0) is 0 Å². The summed E-state index contributed by atoms with van der Waals surface area (Å²) < 4.78 is 1.80. The van der Waals surface area contributed by atoms with Gasteiger partial charge in [0.15, 0.2) is 0 Å². The Hall–Kier alpha value is -0.610. The Kier molecular flexibility index (Phi) is 2.46. The summed E-state index contributed by atoms with van der Waals surface area (Å²) in [6.07, 6.45) is 4.74. The van der Waals surface area contributed by atoms with Crippen molar-refractivity contribution in [2.75, 3.05) is 0 Å². The van der Waals surface area contributed by atoms with Crippen molar-refractivity contribution in [1.29, 1.82) is 0 Å². The molecule has 1 fully saturated rings. The summed E-state index contributed by atoms with van der Waals surface area (Å²) in [6, 6.07) is 0.387. The van der Waals surface area contributed by atoms with Crippen LogP contribution in [0.15, 0.2) is 12.7 Å². The van der Waals surface area contributed by atoms with Gasteiger partial charge in [0, 0.05) is 0 Å². The largest absolute Gasteiger partial charge is 0.393 e. The molecule has 0 saturated heterocycles. The number of aliphatic hydroxyl groups is 1. The van der Waals surface area contributed by atoms with E-state index in [1.807, 2.05) is 0 Å². The molecule has 1 heterocycles. The standard InChI is InChI=1S/C6H9N3O.ClH/c10-6-1-5(2-6)9-4-7-3-8-9;/h3-6,10H,1-2H2;1H. The van der Waals surface area contributed by atoms with Gasteiger partial charge in [-0.25, -0.2) is 9.67 Å². The van der Waals surface area contributed by atoms with Crippen LogP contribution in [0.5, 0.6) is 0 Å². The summed E-state index contributed by atoms with van der Waals surface area (Å²) in [7, 11) is 0. The average molecular weight is 176 g/mol. The van der Waals surface area contributed by atoms with Crippen LogP contribution in [0.3, 0.4) is 0 Å². The van der Waals surface area contributed by atoms with Crippen LogP contribution < -0.4 is 0 Å². The van der Waals surface area contributed by atoms with Crippen LogP contribution in [0.1, 0.15) is 18.9 Å². The van der Waals surface area contributed by atoms with Crippen molar-refractivity contribution in [2.45, 2.75) is 25.0 Å². The van der Waals surface area contributed by atoms with E-state index in [0.717, 1.165) is 12.8 Å². The quantitative estimate of drug-likeness (QED) is 0.672. The van der Waals surface area contributed by atoms with Crippen molar-refractivity contribution in [3.8, 4) is 0 Å². The topological polar surface area (TPSA) is 50.9 Å². The van der Waals surface area contributed by atoms with Crippen LogP contribution in [-0.4, -0.2) is 26.0 Å². The third-order valence-corrected chi connectivity index (χ3v) is 1.90. The fourth-order valence-electron chi connectivity index (χ4n) is 1.18. The van der Waals surface area contributed by atoms with E-state index >= 15 is 0 Å². The second kappa shape index (κ2) is 3.19. The minimum absolute atomic E-state index is 0. The van der Waals surface area contributed by atoms with E-state index in [4.69, 9.17) is 5.11 Å². The van der Waals surface area contributed by atoms with Crippen LogP contribution >= 0.6 is 12.4 Å². The molecular weight excluding hydrogens is 166 g/mol. The van der Waals surface area contributed by atoms with Gasteiger partial charge in [-0.1, -0.05) is 0 Å². The Bertz CT molecular complexity index is 208. The lowest BCUT2D eigenvalue weighted by Gasteiger charge is -2.30. The summed E-state index contributed by atoms with van der Waals surface area (Å²) in [5.41, 5.74) is 0. The summed E-state index contributed by atoms with van der Waals surface area (Å²) in [4.78, 5) is 3.82. The highest BCUT2D eigenvalue weighted by molar-refractivity contribution is 5.85. The summed E-state index contributed by atoms with van der Waals surface area (Å²) in [6.45, 7) is 0. The van der Waals surface area contributed by atoms with Gasteiger partial charge in [-0.15, -0.1) is 12.4 Å². The number of nitrogens with zero attached hydrogens (tertiary/aromatic N) is 3. The molecule has 0 amide bonds. The van der Waals surface area contributed by atoms with Crippen molar-refractivity contribution < 1.29 is 5.11 Å². The molecule has 0 atom stereocenters. The molecule has 1 saturated carbocycles. The van der Waals surface area contributed by atoms with E-state index in [9.17, 15) is 0 Å². The number of halogens is 1. The number of hydrogen-bond acceptors (Lipinski definition) is 3. The molecule has 0 unspecified atom stereocenters. The first-order valence-electron chi connectivity index (χ1n) is 3.38. The zero-order chi connectivity index (χ0) is 6.97. The summed E-state index contributed by atoms with van der Waals surface area (Å²) >= 11 is 0. The van der Waals surface area contributed by atoms with Crippen LogP contribution in [0.4, 0.5) is 0 Å². The minimum atomic E-state index is -0.116. The molecular formula is C6H10ClN3O. The second-order valence-electron chi connectivity index (χ2n) is 2.65. The zero-order valence-corrected chi connectivity index (χ0v) is 6.74. The molecule has 1 aliphatic carbocycles. The Balaban J connectivity index is 0.000000605. The summed E-state index contributed by atoms with van der Waals surface area (Å²) in [5.74, 6) is 0. The van der Waals surface area contributed by atoms with Gasteiger partial charge < -0.3 is 5.11 Å². The SMILES string of the molecule is Cl.OC1CC(n2cncn2)C1. The van der Waals surface area contributed by atoms with Crippen molar-refractivity contribution in [2.24, 2.45) is 0 Å². The van der Waals surface area contributed by atoms with Gasteiger partial charge in [0.2, 0.25) is 0 Å². The first-order valence-corrected chi connectivity index (χ1v) is 3.38. The first kappa shape index (κ1) is 8.49. The highest BCUT2D eigenvalue weighted by atomic mass is 35.5. The molecule has 0 bridgehead atoms.